The molecule has 0 aromatic carbocycles. The Hall–Kier alpha value is -1.64. The number of Topliss-reactive ketones (excluding diaryl/α,β-unsaturated/α-hetero) is 1. The molecule has 1 N–H and O–H groups in total. The van der Waals surface area contributed by atoms with Crippen molar-refractivity contribution in [2.45, 2.75) is 6.42 Å². The van der Waals surface area contributed by atoms with E-state index in [-0.39, 0.29) is 11.7 Å². The highest BCUT2D eigenvalue weighted by atomic mass is 16.4. The van der Waals surface area contributed by atoms with Crippen molar-refractivity contribution in [1.29, 1.82) is 0 Å². The maximum atomic E-state index is 12.0. The molecule has 4 atom stereocenters. The summed E-state index contributed by atoms with van der Waals surface area (Å²) in [6.45, 7) is 0. The van der Waals surface area contributed by atoms with Crippen molar-refractivity contribution in [3.05, 3.63) is 36.0 Å². The third-order valence-electron chi connectivity index (χ3n) is 3.88. The molecule has 0 amide bonds. The van der Waals surface area contributed by atoms with E-state index < -0.39 is 5.97 Å². The molecular weight excluding hydrogens is 204 g/mol. The maximum absolute atomic E-state index is 12.0. The summed E-state index contributed by atoms with van der Waals surface area (Å²) in [6, 6.07) is 0. The van der Waals surface area contributed by atoms with Crippen LogP contribution in [0.3, 0.4) is 0 Å². The Morgan fingerprint density at radius 2 is 2.12 bits per heavy atom. The maximum Gasteiger partial charge on any atom is 0.328 e. The van der Waals surface area contributed by atoms with Gasteiger partial charge in [-0.3, -0.25) is 4.79 Å². The van der Waals surface area contributed by atoms with E-state index in [1.807, 2.05) is 6.08 Å². The average Bonchev–Trinajstić information content (AvgIpc) is 2.88. The topological polar surface area (TPSA) is 54.4 Å². The number of carboxylic acid groups (broad SMARTS) is 1. The predicted octanol–water partition coefficient (Wildman–Crippen LogP) is 1.57. The molecule has 1 saturated carbocycles. The summed E-state index contributed by atoms with van der Waals surface area (Å²) in [7, 11) is 0. The number of hydrogen-bond donors (Lipinski definition) is 1. The molecule has 0 heterocycles. The van der Waals surface area contributed by atoms with Crippen molar-refractivity contribution in [2.75, 3.05) is 0 Å². The van der Waals surface area contributed by atoms with Gasteiger partial charge in [-0.05, 0) is 30.3 Å². The monoisotopic (exact) mass is 216 g/mol. The quantitative estimate of drug-likeness (QED) is 0.563. The first-order valence-electron chi connectivity index (χ1n) is 5.52. The summed E-state index contributed by atoms with van der Waals surface area (Å²) >= 11 is 0. The number of carbonyl (C=O) groups is 2. The van der Waals surface area contributed by atoms with Crippen LogP contribution in [0.1, 0.15) is 6.42 Å². The zero-order chi connectivity index (χ0) is 11.3. The number of fused-ring (bicyclic) bond motifs is 5. The number of carboxylic acids is 1. The standard InChI is InChI=1S/C13H12O3/c14-11(15)4-3-9-6-10-7-1-2-8(5-7)12(10)13(9)16/h1-4,6-8,10,12H,5H2,(H,14,15)/b4-3+. The average molecular weight is 216 g/mol. The number of hydrogen-bond acceptors (Lipinski definition) is 2. The minimum atomic E-state index is -1.01. The second-order valence-corrected chi connectivity index (χ2v) is 4.71. The second-order valence-electron chi connectivity index (χ2n) is 4.71. The largest absolute Gasteiger partial charge is 0.478 e. The number of aliphatic carboxylic acids is 1. The Labute approximate surface area is 93.1 Å². The van der Waals surface area contributed by atoms with Gasteiger partial charge in [0.25, 0.3) is 0 Å². The van der Waals surface area contributed by atoms with E-state index in [1.54, 1.807) is 0 Å². The minimum absolute atomic E-state index is 0.0865. The highest BCUT2D eigenvalue weighted by Gasteiger charge is 2.50. The highest BCUT2D eigenvalue weighted by Crippen LogP contribution is 2.52. The molecule has 3 rings (SSSR count). The first-order chi connectivity index (χ1) is 7.66. The Balaban J connectivity index is 1.87. The second kappa shape index (κ2) is 3.17. The first-order valence-corrected chi connectivity index (χ1v) is 5.52. The van der Waals surface area contributed by atoms with Crippen molar-refractivity contribution in [1.82, 2.24) is 0 Å². The van der Waals surface area contributed by atoms with Crippen LogP contribution >= 0.6 is 0 Å². The lowest BCUT2D eigenvalue weighted by atomic mass is 9.85. The minimum Gasteiger partial charge on any atom is -0.478 e. The molecule has 0 aromatic heterocycles. The van der Waals surface area contributed by atoms with Crippen molar-refractivity contribution in [2.24, 2.45) is 23.7 Å². The summed E-state index contributed by atoms with van der Waals surface area (Å²) in [5.74, 6) is 0.398. The van der Waals surface area contributed by atoms with E-state index in [0.29, 0.717) is 23.3 Å². The normalized spacial score (nSPS) is 39.5. The fourth-order valence-corrected chi connectivity index (χ4v) is 3.24. The SMILES string of the molecule is O=C(O)/C=C/C1=CC2C3C=CC(C3)C2C1=O. The van der Waals surface area contributed by atoms with Crippen LogP contribution in [-0.4, -0.2) is 16.9 Å². The fourth-order valence-electron chi connectivity index (χ4n) is 3.24. The smallest absolute Gasteiger partial charge is 0.328 e. The van der Waals surface area contributed by atoms with Crippen LogP contribution < -0.4 is 0 Å². The van der Waals surface area contributed by atoms with Crippen LogP contribution in [0.4, 0.5) is 0 Å². The molecule has 0 spiro atoms. The van der Waals surface area contributed by atoms with Crippen LogP contribution in [0.25, 0.3) is 0 Å². The van der Waals surface area contributed by atoms with Crippen molar-refractivity contribution in [3.8, 4) is 0 Å². The molecule has 2 bridgehead atoms. The van der Waals surface area contributed by atoms with Crippen molar-refractivity contribution < 1.29 is 14.7 Å². The van der Waals surface area contributed by atoms with Crippen molar-refractivity contribution in [3.63, 3.8) is 0 Å². The molecule has 0 aromatic rings. The Morgan fingerprint density at radius 3 is 2.81 bits per heavy atom. The first kappa shape index (κ1) is 9.58. The fraction of sp³-hybridized carbons (Fsp3) is 0.385. The zero-order valence-electron chi connectivity index (χ0n) is 8.67. The molecule has 0 saturated heterocycles. The van der Waals surface area contributed by atoms with Gasteiger partial charge in [0.2, 0.25) is 0 Å². The lowest BCUT2D eigenvalue weighted by molar-refractivity contribution is -0.131. The Kier molecular flexibility index (Phi) is 1.90. The molecule has 0 aliphatic heterocycles. The summed E-state index contributed by atoms with van der Waals surface area (Å²) in [6.07, 6.45) is 9.86. The number of carbonyl (C=O) groups excluding carboxylic acids is 1. The van der Waals surface area contributed by atoms with Crippen LogP contribution in [0.5, 0.6) is 0 Å². The van der Waals surface area contributed by atoms with E-state index >= 15 is 0 Å². The molecule has 1 fully saturated rings. The molecule has 82 valence electrons. The lowest BCUT2D eigenvalue weighted by Crippen LogP contribution is -2.20. The van der Waals surface area contributed by atoms with Gasteiger partial charge in [-0.25, -0.2) is 4.79 Å². The van der Waals surface area contributed by atoms with Crippen LogP contribution in [0.15, 0.2) is 36.0 Å². The number of ketones is 1. The van der Waals surface area contributed by atoms with Crippen LogP contribution in [0, 0.1) is 23.7 Å². The van der Waals surface area contributed by atoms with Gasteiger partial charge in [0.05, 0.1) is 0 Å². The molecule has 3 heteroatoms. The number of allylic oxidation sites excluding steroid dienone is 5. The predicted molar refractivity (Wildman–Crippen MR) is 57.6 cm³/mol. The van der Waals surface area contributed by atoms with E-state index in [0.717, 1.165) is 12.5 Å². The molecule has 3 aliphatic carbocycles. The van der Waals surface area contributed by atoms with Gasteiger partial charge in [0.15, 0.2) is 5.78 Å². The van der Waals surface area contributed by atoms with Gasteiger partial charge < -0.3 is 5.11 Å². The lowest BCUT2D eigenvalue weighted by Gasteiger charge is -2.17. The van der Waals surface area contributed by atoms with Gasteiger partial charge in [0.1, 0.15) is 0 Å². The van der Waals surface area contributed by atoms with E-state index in [9.17, 15) is 9.59 Å². The molecule has 16 heavy (non-hydrogen) atoms. The molecule has 4 unspecified atom stereocenters. The van der Waals surface area contributed by atoms with E-state index in [1.165, 1.54) is 6.08 Å². The molecule has 0 radical (unpaired) electrons. The van der Waals surface area contributed by atoms with E-state index in [4.69, 9.17) is 5.11 Å². The summed E-state index contributed by atoms with van der Waals surface area (Å²) in [5.41, 5.74) is 0.579. The third-order valence-corrected chi connectivity index (χ3v) is 3.88. The third kappa shape index (κ3) is 1.21. The summed E-state index contributed by atoms with van der Waals surface area (Å²) in [4.78, 5) is 22.5. The van der Waals surface area contributed by atoms with Gasteiger partial charge in [-0.15, -0.1) is 0 Å². The number of rotatable bonds is 2. The molecule has 3 aliphatic rings. The van der Waals surface area contributed by atoms with Gasteiger partial charge in [0, 0.05) is 17.6 Å². The Morgan fingerprint density at radius 1 is 1.38 bits per heavy atom. The van der Waals surface area contributed by atoms with Crippen molar-refractivity contribution >= 4 is 11.8 Å². The highest BCUT2D eigenvalue weighted by molar-refractivity contribution is 6.04. The van der Waals surface area contributed by atoms with Gasteiger partial charge in [-0.1, -0.05) is 18.2 Å². The van der Waals surface area contributed by atoms with Gasteiger partial charge in [-0.2, -0.15) is 0 Å². The van der Waals surface area contributed by atoms with Crippen LogP contribution in [0.2, 0.25) is 0 Å². The summed E-state index contributed by atoms with van der Waals surface area (Å²) in [5, 5.41) is 8.54. The summed E-state index contributed by atoms with van der Waals surface area (Å²) < 4.78 is 0. The van der Waals surface area contributed by atoms with Crippen LogP contribution in [-0.2, 0) is 9.59 Å². The van der Waals surface area contributed by atoms with Gasteiger partial charge >= 0.3 is 5.97 Å². The van der Waals surface area contributed by atoms with E-state index in [2.05, 4.69) is 12.2 Å². The zero-order valence-corrected chi connectivity index (χ0v) is 8.67. The molecule has 3 nitrogen and oxygen atoms in total. The molecular formula is C13H12O3. The Bertz CT molecular complexity index is 456.